The highest BCUT2D eigenvalue weighted by atomic mass is 32.1. The van der Waals surface area contributed by atoms with Crippen molar-refractivity contribution in [1.82, 2.24) is 5.32 Å². The quantitative estimate of drug-likeness (QED) is 0.549. The highest BCUT2D eigenvalue weighted by molar-refractivity contribution is 7.80. The van der Waals surface area contributed by atoms with E-state index in [1.54, 1.807) is 6.08 Å². The number of anilines is 1. The SMILES string of the molecule is C=CCOc1cccc(NC(=S)NC(CC)c2ccccc2C)c1. The summed E-state index contributed by atoms with van der Waals surface area (Å²) in [5.74, 6) is 0.786. The normalized spacial score (nSPS) is 11.4. The van der Waals surface area contributed by atoms with E-state index in [2.05, 4.69) is 55.3 Å². The van der Waals surface area contributed by atoms with E-state index in [1.807, 2.05) is 24.3 Å². The number of thiocarbonyl (C=S) groups is 1. The highest BCUT2D eigenvalue weighted by Gasteiger charge is 2.12. The van der Waals surface area contributed by atoms with E-state index in [0.717, 1.165) is 17.9 Å². The Kier molecular flexibility index (Phi) is 6.82. The second kappa shape index (κ2) is 9.08. The van der Waals surface area contributed by atoms with Gasteiger partial charge in [-0.3, -0.25) is 0 Å². The molecule has 0 radical (unpaired) electrons. The van der Waals surface area contributed by atoms with E-state index in [0.29, 0.717) is 11.7 Å². The molecule has 0 heterocycles. The smallest absolute Gasteiger partial charge is 0.171 e. The van der Waals surface area contributed by atoms with Crippen LogP contribution in [0.2, 0.25) is 0 Å². The molecular formula is C20H24N2OS. The fraction of sp³-hybridized carbons (Fsp3) is 0.250. The van der Waals surface area contributed by atoms with Crippen LogP contribution in [0.5, 0.6) is 5.75 Å². The molecule has 24 heavy (non-hydrogen) atoms. The number of hydrogen-bond acceptors (Lipinski definition) is 2. The lowest BCUT2D eigenvalue weighted by molar-refractivity contribution is 0.363. The molecule has 0 aliphatic carbocycles. The molecule has 4 heteroatoms. The number of ether oxygens (including phenoxy) is 1. The van der Waals surface area contributed by atoms with Gasteiger partial charge in [0.05, 0.1) is 6.04 Å². The maximum atomic E-state index is 5.54. The first-order valence-electron chi connectivity index (χ1n) is 8.10. The van der Waals surface area contributed by atoms with Crippen LogP contribution in [0.3, 0.4) is 0 Å². The predicted octanol–water partition coefficient (Wildman–Crippen LogP) is 5.00. The second-order valence-electron chi connectivity index (χ2n) is 5.54. The zero-order chi connectivity index (χ0) is 17.4. The average molecular weight is 340 g/mol. The minimum atomic E-state index is 0.186. The molecule has 0 saturated heterocycles. The van der Waals surface area contributed by atoms with Crippen molar-refractivity contribution in [2.45, 2.75) is 26.3 Å². The lowest BCUT2D eigenvalue weighted by Crippen LogP contribution is -2.32. The van der Waals surface area contributed by atoms with Crippen LogP contribution in [0.1, 0.15) is 30.5 Å². The van der Waals surface area contributed by atoms with Gasteiger partial charge in [-0.1, -0.05) is 49.9 Å². The van der Waals surface area contributed by atoms with Gasteiger partial charge in [0.25, 0.3) is 0 Å². The van der Waals surface area contributed by atoms with Gasteiger partial charge >= 0.3 is 0 Å². The predicted molar refractivity (Wildman–Crippen MR) is 106 cm³/mol. The van der Waals surface area contributed by atoms with Crippen LogP contribution in [-0.4, -0.2) is 11.7 Å². The van der Waals surface area contributed by atoms with E-state index in [1.165, 1.54) is 11.1 Å². The Morgan fingerprint density at radius 3 is 2.75 bits per heavy atom. The molecule has 0 fully saturated rings. The molecule has 2 N–H and O–H groups in total. The topological polar surface area (TPSA) is 33.3 Å². The number of aryl methyl sites for hydroxylation is 1. The van der Waals surface area contributed by atoms with Crippen LogP contribution in [0.4, 0.5) is 5.69 Å². The number of nitrogens with one attached hydrogen (secondary N) is 2. The zero-order valence-corrected chi connectivity index (χ0v) is 15.0. The fourth-order valence-electron chi connectivity index (χ4n) is 2.52. The molecule has 126 valence electrons. The van der Waals surface area contributed by atoms with E-state index in [9.17, 15) is 0 Å². The number of benzene rings is 2. The van der Waals surface area contributed by atoms with Gasteiger partial charge in [-0.15, -0.1) is 0 Å². The minimum absolute atomic E-state index is 0.186. The van der Waals surface area contributed by atoms with Crippen molar-refractivity contribution in [2.75, 3.05) is 11.9 Å². The standard InChI is InChI=1S/C20H24N2OS/c1-4-13-23-17-11-8-10-16(14-17)21-20(24)22-19(5-2)18-12-7-6-9-15(18)3/h4,6-12,14,19H,1,5,13H2,2-3H3,(H2,21,22,24). The molecular weight excluding hydrogens is 316 g/mol. The molecule has 0 spiro atoms. The minimum Gasteiger partial charge on any atom is -0.489 e. The van der Waals surface area contributed by atoms with Crippen LogP contribution < -0.4 is 15.4 Å². The van der Waals surface area contributed by atoms with Gasteiger partial charge in [-0.25, -0.2) is 0 Å². The Labute approximate surface area is 149 Å². The first kappa shape index (κ1) is 18.0. The molecule has 2 aromatic rings. The summed E-state index contributed by atoms with van der Waals surface area (Å²) < 4.78 is 5.54. The molecule has 0 aliphatic heterocycles. The summed E-state index contributed by atoms with van der Waals surface area (Å²) in [6.45, 7) is 8.41. The Morgan fingerprint density at radius 2 is 2.04 bits per heavy atom. The lowest BCUT2D eigenvalue weighted by Gasteiger charge is -2.21. The van der Waals surface area contributed by atoms with Crippen molar-refractivity contribution in [3.05, 3.63) is 72.3 Å². The zero-order valence-electron chi connectivity index (χ0n) is 14.2. The van der Waals surface area contributed by atoms with Crippen molar-refractivity contribution in [3.8, 4) is 5.75 Å². The Bertz CT molecular complexity index is 700. The molecule has 2 aromatic carbocycles. The number of rotatable bonds is 7. The van der Waals surface area contributed by atoms with Gasteiger partial charge in [0, 0.05) is 11.8 Å². The summed E-state index contributed by atoms with van der Waals surface area (Å²) in [5, 5.41) is 7.23. The van der Waals surface area contributed by atoms with E-state index in [-0.39, 0.29) is 6.04 Å². The molecule has 3 nitrogen and oxygen atoms in total. The van der Waals surface area contributed by atoms with E-state index < -0.39 is 0 Å². The Balaban J connectivity index is 2.01. The van der Waals surface area contributed by atoms with Crippen LogP contribution >= 0.6 is 12.2 Å². The molecule has 0 aliphatic rings. The third-order valence-corrected chi connectivity index (χ3v) is 3.96. The second-order valence-corrected chi connectivity index (χ2v) is 5.95. The summed E-state index contributed by atoms with van der Waals surface area (Å²) in [6.07, 6.45) is 2.68. The summed E-state index contributed by atoms with van der Waals surface area (Å²) in [7, 11) is 0. The van der Waals surface area contributed by atoms with Crippen molar-refractivity contribution in [2.24, 2.45) is 0 Å². The molecule has 0 saturated carbocycles. The summed E-state index contributed by atoms with van der Waals surface area (Å²) >= 11 is 5.47. The monoisotopic (exact) mass is 340 g/mol. The van der Waals surface area contributed by atoms with Crippen LogP contribution in [0.25, 0.3) is 0 Å². The van der Waals surface area contributed by atoms with E-state index >= 15 is 0 Å². The van der Waals surface area contributed by atoms with E-state index in [4.69, 9.17) is 17.0 Å². The van der Waals surface area contributed by atoms with Gasteiger partial charge in [0.2, 0.25) is 0 Å². The molecule has 0 bridgehead atoms. The third-order valence-electron chi connectivity index (χ3n) is 3.74. The summed E-state index contributed by atoms with van der Waals surface area (Å²) in [4.78, 5) is 0. The van der Waals surface area contributed by atoms with Gasteiger partial charge in [0.1, 0.15) is 12.4 Å². The highest BCUT2D eigenvalue weighted by Crippen LogP contribution is 2.21. The third kappa shape index (κ3) is 5.10. The summed E-state index contributed by atoms with van der Waals surface area (Å²) in [6, 6.07) is 16.3. The maximum Gasteiger partial charge on any atom is 0.171 e. The molecule has 1 atom stereocenters. The molecule has 2 rings (SSSR count). The van der Waals surface area contributed by atoms with Crippen LogP contribution in [0.15, 0.2) is 61.2 Å². The van der Waals surface area contributed by atoms with Crippen LogP contribution in [-0.2, 0) is 0 Å². The Hall–Kier alpha value is -2.33. The lowest BCUT2D eigenvalue weighted by atomic mass is 10.00. The Morgan fingerprint density at radius 1 is 1.25 bits per heavy atom. The largest absolute Gasteiger partial charge is 0.489 e. The maximum absolute atomic E-state index is 5.54. The van der Waals surface area contributed by atoms with Crippen molar-refractivity contribution < 1.29 is 4.74 Å². The average Bonchev–Trinajstić information content (AvgIpc) is 2.59. The van der Waals surface area contributed by atoms with Gasteiger partial charge in [-0.05, 0) is 48.8 Å². The van der Waals surface area contributed by atoms with Crippen molar-refractivity contribution >= 4 is 23.0 Å². The van der Waals surface area contributed by atoms with Crippen LogP contribution in [0, 0.1) is 6.92 Å². The summed E-state index contributed by atoms with van der Waals surface area (Å²) in [5.41, 5.74) is 3.43. The van der Waals surface area contributed by atoms with Gasteiger partial charge in [-0.2, -0.15) is 0 Å². The molecule has 0 amide bonds. The van der Waals surface area contributed by atoms with Gasteiger partial charge < -0.3 is 15.4 Å². The van der Waals surface area contributed by atoms with Crippen molar-refractivity contribution in [3.63, 3.8) is 0 Å². The molecule has 0 aromatic heterocycles. The molecule has 1 unspecified atom stereocenters. The first-order valence-corrected chi connectivity index (χ1v) is 8.51. The van der Waals surface area contributed by atoms with Gasteiger partial charge in [0.15, 0.2) is 5.11 Å². The fourth-order valence-corrected chi connectivity index (χ4v) is 2.78. The first-order chi connectivity index (χ1) is 11.6. The van der Waals surface area contributed by atoms with Crippen molar-refractivity contribution in [1.29, 1.82) is 0 Å². The number of hydrogen-bond donors (Lipinski definition) is 2.